The number of benzene rings is 1. The summed E-state index contributed by atoms with van der Waals surface area (Å²) >= 11 is 0. The molecule has 0 spiro atoms. The van der Waals surface area contributed by atoms with Gasteiger partial charge in [0.15, 0.2) is 11.9 Å². The Balaban J connectivity index is 1.37. The van der Waals surface area contributed by atoms with Crippen LogP contribution in [0.2, 0.25) is 0 Å². The van der Waals surface area contributed by atoms with Crippen molar-refractivity contribution in [2.24, 2.45) is 7.05 Å². The van der Waals surface area contributed by atoms with E-state index in [0.29, 0.717) is 17.1 Å². The number of amides is 1. The Bertz CT molecular complexity index is 967. The summed E-state index contributed by atoms with van der Waals surface area (Å²) in [5.74, 6) is -1.70. The number of aryl methyl sites for hydroxylation is 1. The molecule has 0 aliphatic heterocycles. The summed E-state index contributed by atoms with van der Waals surface area (Å²) < 4.78 is 37.6. The Morgan fingerprint density at radius 3 is 2.74 bits per heavy atom. The van der Waals surface area contributed by atoms with Crippen LogP contribution in [0.4, 0.5) is 14.6 Å². The maximum atomic E-state index is 12.9. The van der Waals surface area contributed by atoms with E-state index in [-0.39, 0.29) is 30.5 Å². The van der Waals surface area contributed by atoms with Gasteiger partial charge in [0.1, 0.15) is 11.6 Å². The van der Waals surface area contributed by atoms with E-state index in [1.807, 2.05) is 0 Å². The third-order valence-corrected chi connectivity index (χ3v) is 4.02. The summed E-state index contributed by atoms with van der Waals surface area (Å²) in [7, 11) is 1.71. The number of anilines is 1. The van der Waals surface area contributed by atoms with E-state index < -0.39 is 12.0 Å². The van der Waals surface area contributed by atoms with Gasteiger partial charge in [0, 0.05) is 18.7 Å². The summed E-state index contributed by atoms with van der Waals surface area (Å²) in [5, 5.41) is 10.4. The Morgan fingerprint density at radius 1 is 1.37 bits per heavy atom. The molecule has 2 aromatic heterocycles. The van der Waals surface area contributed by atoms with Crippen LogP contribution in [0.25, 0.3) is 11.5 Å². The van der Waals surface area contributed by atoms with Crippen LogP contribution in [0.5, 0.6) is 5.75 Å². The highest BCUT2D eigenvalue weighted by Crippen LogP contribution is 2.44. The smallest absolute Gasteiger partial charge is 0.288 e. The second-order valence-corrected chi connectivity index (χ2v) is 6.18. The molecule has 1 unspecified atom stereocenters. The predicted octanol–water partition coefficient (Wildman–Crippen LogP) is 2.44. The number of halogens is 2. The van der Waals surface area contributed by atoms with Gasteiger partial charge in [-0.1, -0.05) is 5.16 Å². The molecule has 1 atom stereocenters. The minimum absolute atomic E-state index is 0.0629. The van der Waals surface area contributed by atoms with Gasteiger partial charge in [-0.05, 0) is 24.3 Å². The zero-order valence-corrected chi connectivity index (χ0v) is 14.2. The standard InChI is InChI=1S/C17H15F2N5O3/c1-24-14(6-7-20-24)22-15(25)8-13-21-16(27-23-13)10-2-4-11(5-3-10)26-12-9-17(12,18)19/h2-7,12H,8-9H2,1H3,(H,22,25). The third kappa shape index (κ3) is 3.78. The van der Waals surface area contributed by atoms with E-state index in [1.54, 1.807) is 43.6 Å². The van der Waals surface area contributed by atoms with Gasteiger partial charge in [-0.2, -0.15) is 10.1 Å². The zero-order valence-electron chi connectivity index (χ0n) is 14.2. The van der Waals surface area contributed by atoms with E-state index in [2.05, 4.69) is 20.6 Å². The van der Waals surface area contributed by atoms with Crippen molar-refractivity contribution in [3.8, 4) is 17.2 Å². The molecule has 27 heavy (non-hydrogen) atoms. The third-order valence-electron chi connectivity index (χ3n) is 4.02. The van der Waals surface area contributed by atoms with Gasteiger partial charge in [0.05, 0.1) is 19.0 Å². The van der Waals surface area contributed by atoms with E-state index in [0.717, 1.165) is 0 Å². The monoisotopic (exact) mass is 375 g/mol. The van der Waals surface area contributed by atoms with Crippen LogP contribution in [0.3, 0.4) is 0 Å². The number of carbonyl (C=O) groups excluding carboxylic acids is 1. The van der Waals surface area contributed by atoms with Crippen LogP contribution in [0.1, 0.15) is 12.2 Å². The van der Waals surface area contributed by atoms with Gasteiger partial charge >= 0.3 is 0 Å². The number of nitrogens with zero attached hydrogens (tertiary/aromatic N) is 4. The molecule has 10 heteroatoms. The molecule has 2 heterocycles. The maximum absolute atomic E-state index is 12.9. The van der Waals surface area contributed by atoms with E-state index >= 15 is 0 Å². The number of nitrogens with one attached hydrogen (secondary N) is 1. The first kappa shape index (κ1) is 17.1. The minimum atomic E-state index is -2.74. The summed E-state index contributed by atoms with van der Waals surface area (Å²) in [6.45, 7) is 0. The van der Waals surface area contributed by atoms with Crippen molar-refractivity contribution in [3.63, 3.8) is 0 Å². The average molecular weight is 375 g/mol. The molecule has 0 radical (unpaired) electrons. The number of alkyl halides is 2. The summed E-state index contributed by atoms with van der Waals surface area (Å²) in [4.78, 5) is 16.2. The lowest BCUT2D eigenvalue weighted by molar-refractivity contribution is -0.115. The number of aromatic nitrogens is 4. The highest BCUT2D eigenvalue weighted by atomic mass is 19.3. The van der Waals surface area contributed by atoms with Gasteiger partial charge in [0.2, 0.25) is 5.91 Å². The molecule has 0 bridgehead atoms. The minimum Gasteiger partial charge on any atom is -0.484 e. The van der Waals surface area contributed by atoms with Crippen molar-refractivity contribution >= 4 is 11.7 Å². The fourth-order valence-electron chi connectivity index (χ4n) is 2.43. The molecule has 1 fully saturated rings. The number of carbonyl (C=O) groups is 1. The lowest BCUT2D eigenvalue weighted by Gasteiger charge is -2.04. The Morgan fingerprint density at radius 2 is 2.11 bits per heavy atom. The highest BCUT2D eigenvalue weighted by molar-refractivity contribution is 5.91. The molecular weight excluding hydrogens is 360 g/mol. The van der Waals surface area contributed by atoms with Gasteiger partial charge in [-0.25, -0.2) is 8.78 Å². The first-order valence-electron chi connectivity index (χ1n) is 8.16. The molecule has 1 aromatic carbocycles. The molecular formula is C17H15F2N5O3. The number of hydrogen-bond donors (Lipinski definition) is 1. The van der Waals surface area contributed by atoms with Crippen molar-refractivity contribution in [3.05, 3.63) is 42.4 Å². The molecule has 4 rings (SSSR count). The SMILES string of the molecule is Cn1nccc1NC(=O)Cc1noc(-c2ccc(OC3CC3(F)F)cc2)n1. The average Bonchev–Trinajstić information content (AvgIpc) is 2.97. The molecule has 140 valence electrons. The van der Waals surface area contributed by atoms with Gasteiger partial charge in [-0.3, -0.25) is 9.48 Å². The maximum Gasteiger partial charge on any atom is 0.288 e. The molecule has 1 N–H and O–H groups in total. The van der Waals surface area contributed by atoms with Gasteiger partial charge < -0.3 is 14.6 Å². The van der Waals surface area contributed by atoms with E-state index in [4.69, 9.17) is 9.26 Å². The van der Waals surface area contributed by atoms with Crippen LogP contribution in [-0.4, -0.2) is 37.9 Å². The largest absolute Gasteiger partial charge is 0.484 e. The van der Waals surface area contributed by atoms with Crippen LogP contribution < -0.4 is 10.1 Å². The number of rotatable bonds is 6. The van der Waals surface area contributed by atoms with Crippen molar-refractivity contribution in [2.45, 2.75) is 24.9 Å². The summed E-state index contributed by atoms with van der Waals surface area (Å²) in [6, 6.07) is 8.04. The van der Waals surface area contributed by atoms with Gasteiger partial charge in [-0.15, -0.1) is 0 Å². The Kier molecular flexibility index (Phi) is 4.09. The lowest BCUT2D eigenvalue weighted by Crippen LogP contribution is -2.17. The number of ether oxygens (including phenoxy) is 1. The molecule has 8 nitrogen and oxygen atoms in total. The van der Waals surface area contributed by atoms with E-state index in [1.165, 1.54) is 4.68 Å². The topological polar surface area (TPSA) is 95.1 Å². The zero-order chi connectivity index (χ0) is 19.0. The molecule has 1 aliphatic rings. The molecule has 1 aliphatic carbocycles. The van der Waals surface area contributed by atoms with Crippen LogP contribution in [0, 0.1) is 0 Å². The normalized spacial score (nSPS) is 17.5. The van der Waals surface area contributed by atoms with Crippen LogP contribution in [0.15, 0.2) is 41.1 Å². The second-order valence-electron chi connectivity index (χ2n) is 6.18. The fourth-order valence-corrected chi connectivity index (χ4v) is 2.43. The molecule has 0 saturated heterocycles. The van der Waals surface area contributed by atoms with Crippen molar-refractivity contribution in [1.82, 2.24) is 19.9 Å². The van der Waals surface area contributed by atoms with Crippen molar-refractivity contribution in [2.75, 3.05) is 5.32 Å². The fraction of sp³-hybridized carbons (Fsp3) is 0.294. The molecule has 1 amide bonds. The van der Waals surface area contributed by atoms with Crippen LogP contribution in [-0.2, 0) is 18.3 Å². The first-order chi connectivity index (χ1) is 12.9. The first-order valence-corrected chi connectivity index (χ1v) is 8.16. The molecule has 1 saturated carbocycles. The van der Waals surface area contributed by atoms with Crippen LogP contribution >= 0.6 is 0 Å². The van der Waals surface area contributed by atoms with E-state index in [9.17, 15) is 13.6 Å². The summed E-state index contributed by atoms with van der Waals surface area (Å²) in [5.41, 5.74) is 0.593. The highest BCUT2D eigenvalue weighted by Gasteiger charge is 2.59. The quantitative estimate of drug-likeness (QED) is 0.711. The lowest BCUT2D eigenvalue weighted by atomic mass is 10.2. The molecule has 3 aromatic rings. The second kappa shape index (κ2) is 6.45. The predicted molar refractivity (Wildman–Crippen MR) is 89.3 cm³/mol. The van der Waals surface area contributed by atoms with Gasteiger partial charge in [0.25, 0.3) is 11.8 Å². The van der Waals surface area contributed by atoms with Crippen molar-refractivity contribution in [1.29, 1.82) is 0 Å². The van der Waals surface area contributed by atoms with Crippen molar-refractivity contribution < 1.29 is 22.8 Å². The number of hydrogen-bond acceptors (Lipinski definition) is 6. The Labute approximate surface area is 152 Å². The Hall–Kier alpha value is -3.30. The summed E-state index contributed by atoms with van der Waals surface area (Å²) in [6.07, 6.45) is 0.186.